The minimum Gasteiger partial charge on any atom is -0.311 e. The van der Waals surface area contributed by atoms with E-state index in [0.29, 0.717) is 10.4 Å². The minimum absolute atomic E-state index is 0.0151. The van der Waals surface area contributed by atoms with Gasteiger partial charge in [-0.2, -0.15) is 0 Å². The molecule has 0 unspecified atom stereocenters. The summed E-state index contributed by atoms with van der Waals surface area (Å²) in [6, 6.07) is 59.6. The lowest BCUT2D eigenvalue weighted by Crippen LogP contribution is -2.73. The molecule has 266 valence electrons. The van der Waals surface area contributed by atoms with Crippen LogP contribution in [-0.2, 0) is 5.41 Å². The second kappa shape index (κ2) is 12.6. The van der Waals surface area contributed by atoms with Crippen molar-refractivity contribution in [2.45, 2.75) is 36.0 Å². The Labute approximate surface area is 341 Å². The quantitative estimate of drug-likeness (QED) is 0.166. The van der Waals surface area contributed by atoms with Gasteiger partial charge in [-0.3, -0.25) is 0 Å². The van der Waals surface area contributed by atoms with E-state index in [1.165, 1.54) is 49.2 Å². The maximum absolute atomic E-state index is 9.53. The normalized spacial score (nSPS) is 15.3. The van der Waals surface area contributed by atoms with Gasteiger partial charge in [0.2, 0.25) is 6.71 Å². The molecule has 0 bridgehead atoms. The number of benzene rings is 8. The van der Waals surface area contributed by atoms with E-state index in [9.17, 15) is 2.74 Å². The zero-order valence-electron chi connectivity index (χ0n) is 35.5. The molecule has 1 nitrogen and oxygen atoms in total. The Morgan fingerprint density at radius 2 is 1.20 bits per heavy atom. The summed E-state index contributed by atoms with van der Waals surface area (Å²) in [6.45, 7) is 6.28. The van der Waals surface area contributed by atoms with Crippen molar-refractivity contribution >= 4 is 80.7 Å². The average molecular weight is 754 g/mol. The summed E-state index contributed by atoms with van der Waals surface area (Å²) in [5, 5.41) is 5.31. The third kappa shape index (κ3) is 4.89. The summed E-state index contributed by atoms with van der Waals surface area (Å²) in [4.78, 5) is 4.03. The fourth-order valence-corrected chi connectivity index (χ4v) is 15.9. The Hall–Kier alpha value is -5.81. The number of anilines is 3. The Morgan fingerprint density at radius 1 is 0.554 bits per heavy atom. The number of fused-ring (bicyclic) bond motifs is 7. The predicted molar refractivity (Wildman–Crippen MR) is 243 cm³/mol. The Morgan fingerprint density at radius 3 is 1.89 bits per heavy atom. The maximum Gasteiger partial charge on any atom is 0.249 e. The molecule has 56 heavy (non-hydrogen) atoms. The molecule has 0 aliphatic carbocycles. The highest BCUT2D eigenvalue weighted by Gasteiger charge is 2.51. The van der Waals surface area contributed by atoms with Crippen LogP contribution in [-0.4, -0.2) is 14.8 Å². The summed E-state index contributed by atoms with van der Waals surface area (Å²) in [5.74, 6) is 0. The van der Waals surface area contributed by atoms with Crippen molar-refractivity contribution in [3.63, 3.8) is 0 Å². The molecule has 0 spiro atoms. The van der Waals surface area contributed by atoms with Crippen LogP contribution in [0.3, 0.4) is 0 Å². The SMILES string of the molecule is [2H]c1c([2H])c([2H])c2c(c1[2H])Sc1cc(-c3ccc(C(C)(C)C)cc3)cc3c1B2c1cc2c(cc1N3c1ccccc1)[Si](c1ccccc1)(c1ccccc1)c1ccccc1-2. The molecule has 0 N–H and O–H groups in total. The summed E-state index contributed by atoms with van der Waals surface area (Å²) in [7, 11) is -2.88. The minimum atomic E-state index is -2.88. The molecular weight excluding hydrogens is 710 g/mol. The van der Waals surface area contributed by atoms with Gasteiger partial charge in [0.15, 0.2) is 8.07 Å². The molecule has 0 saturated carbocycles. The van der Waals surface area contributed by atoms with Crippen LogP contribution in [0.25, 0.3) is 22.3 Å². The van der Waals surface area contributed by atoms with E-state index in [0.717, 1.165) is 44.0 Å². The van der Waals surface area contributed by atoms with Gasteiger partial charge in [0.1, 0.15) is 0 Å². The van der Waals surface area contributed by atoms with Gasteiger partial charge >= 0.3 is 0 Å². The van der Waals surface area contributed by atoms with E-state index in [4.69, 9.17) is 2.74 Å². The monoisotopic (exact) mass is 753 g/mol. The fraction of sp³-hybridized carbons (Fsp3) is 0.0769. The highest BCUT2D eigenvalue weighted by molar-refractivity contribution is 8.00. The number of hydrogen-bond donors (Lipinski definition) is 0. The molecule has 3 aliphatic rings. The largest absolute Gasteiger partial charge is 0.311 e. The third-order valence-electron chi connectivity index (χ3n) is 12.1. The lowest BCUT2D eigenvalue weighted by Gasteiger charge is -2.41. The molecule has 3 aliphatic heterocycles. The molecule has 0 aromatic heterocycles. The van der Waals surface area contributed by atoms with Crippen LogP contribution in [0, 0.1) is 0 Å². The van der Waals surface area contributed by atoms with Crippen LogP contribution < -0.4 is 42.0 Å². The molecule has 0 radical (unpaired) electrons. The molecule has 8 aromatic rings. The zero-order valence-corrected chi connectivity index (χ0v) is 33.3. The molecule has 0 amide bonds. The van der Waals surface area contributed by atoms with E-state index in [2.05, 4.69) is 189 Å². The van der Waals surface area contributed by atoms with Gasteiger partial charge in [-0.25, -0.2) is 0 Å². The van der Waals surface area contributed by atoms with Crippen molar-refractivity contribution in [2.75, 3.05) is 4.90 Å². The third-order valence-corrected chi connectivity index (χ3v) is 18.0. The second-order valence-corrected chi connectivity index (χ2v) is 21.0. The van der Waals surface area contributed by atoms with E-state index < -0.39 is 14.8 Å². The lowest BCUT2D eigenvalue weighted by molar-refractivity contribution is 0.590. The summed E-state index contributed by atoms with van der Waals surface area (Å²) in [5.41, 5.74) is 11.7. The molecule has 0 saturated heterocycles. The molecular formula is C52H40BNSSi. The van der Waals surface area contributed by atoms with Crippen molar-refractivity contribution in [3.8, 4) is 22.3 Å². The van der Waals surface area contributed by atoms with Crippen LogP contribution in [0.2, 0.25) is 0 Å². The first kappa shape index (κ1) is 29.5. The molecule has 8 aromatic carbocycles. The van der Waals surface area contributed by atoms with Crippen LogP contribution >= 0.6 is 11.8 Å². The van der Waals surface area contributed by atoms with Crippen LogP contribution in [0.1, 0.15) is 31.8 Å². The van der Waals surface area contributed by atoms with Gasteiger partial charge < -0.3 is 4.90 Å². The zero-order chi connectivity index (χ0) is 41.1. The number of para-hydroxylation sites is 1. The molecule has 4 heteroatoms. The standard InChI is InChI=1S/C52H40BNSSi/c1-52(2,3)37-29-27-35(28-30-37)36-31-46-51-48(32-36)55-47-25-15-14-24-43(47)53(51)44-33-42-41-23-13-16-26-49(41)56(39-19-9-5-10-20-39,40-21-11-6-12-22-40)50(42)34-45(44)54(46)38-17-7-4-8-18-38/h4-34H,1-3H3/i14D,15D,24D,25D. The topological polar surface area (TPSA) is 3.24 Å². The van der Waals surface area contributed by atoms with E-state index in [1.807, 2.05) is 0 Å². The fourth-order valence-electron chi connectivity index (χ4n) is 9.56. The number of rotatable bonds is 4. The predicted octanol–water partition coefficient (Wildman–Crippen LogP) is 8.77. The van der Waals surface area contributed by atoms with E-state index in [1.54, 1.807) is 0 Å². The van der Waals surface area contributed by atoms with Gasteiger partial charge in [-0.15, -0.1) is 0 Å². The average Bonchev–Trinajstić information content (AvgIpc) is 3.57. The molecule has 3 heterocycles. The Bertz CT molecular complexity index is 3000. The highest BCUT2D eigenvalue weighted by Crippen LogP contribution is 2.45. The smallest absolute Gasteiger partial charge is 0.249 e. The van der Waals surface area contributed by atoms with Crippen molar-refractivity contribution in [1.29, 1.82) is 0 Å². The lowest BCUT2D eigenvalue weighted by atomic mass is 9.34. The second-order valence-electron chi connectivity index (χ2n) is 16.2. The van der Waals surface area contributed by atoms with Crippen LogP contribution in [0.15, 0.2) is 198 Å². The van der Waals surface area contributed by atoms with Crippen molar-refractivity contribution in [2.24, 2.45) is 0 Å². The summed E-state index contributed by atoms with van der Waals surface area (Å²) in [6.07, 6.45) is 0. The summed E-state index contributed by atoms with van der Waals surface area (Å²) >= 11 is 1.48. The van der Waals surface area contributed by atoms with Gasteiger partial charge in [-0.05, 0) is 101 Å². The maximum atomic E-state index is 9.53. The van der Waals surface area contributed by atoms with E-state index in [-0.39, 0.29) is 29.6 Å². The van der Waals surface area contributed by atoms with Crippen LogP contribution in [0.4, 0.5) is 17.1 Å². The van der Waals surface area contributed by atoms with Crippen molar-refractivity contribution < 1.29 is 5.48 Å². The highest BCUT2D eigenvalue weighted by atomic mass is 32.2. The van der Waals surface area contributed by atoms with Crippen molar-refractivity contribution in [1.82, 2.24) is 0 Å². The Kier molecular flexibility index (Phi) is 6.64. The van der Waals surface area contributed by atoms with Gasteiger partial charge in [0, 0.05) is 26.9 Å². The van der Waals surface area contributed by atoms with E-state index >= 15 is 0 Å². The first-order valence-corrected chi connectivity index (χ1v) is 22.2. The van der Waals surface area contributed by atoms with Crippen LogP contribution in [0.5, 0.6) is 0 Å². The van der Waals surface area contributed by atoms with Crippen molar-refractivity contribution in [3.05, 3.63) is 194 Å². The molecule has 0 atom stereocenters. The summed E-state index contributed by atoms with van der Waals surface area (Å²) < 4.78 is 36.6. The van der Waals surface area contributed by atoms with Gasteiger partial charge in [0.05, 0.1) is 5.48 Å². The van der Waals surface area contributed by atoms with Gasteiger partial charge in [-0.1, -0.05) is 190 Å². The molecule has 11 rings (SSSR count). The molecule has 0 fully saturated rings. The number of nitrogens with zero attached hydrogens (tertiary/aromatic N) is 1. The Balaban J connectivity index is 1.28. The first-order chi connectivity index (χ1) is 29.1. The number of hydrogen-bond acceptors (Lipinski definition) is 2. The first-order valence-electron chi connectivity index (χ1n) is 21.4. The van der Waals surface area contributed by atoms with Gasteiger partial charge in [0.25, 0.3) is 0 Å².